The molecule has 1 aliphatic carbocycles. The number of hydrogen-bond donors (Lipinski definition) is 0. The molecular formula is C13H25ClO2S. The normalized spacial score (nSPS) is 30.2. The van der Waals surface area contributed by atoms with E-state index in [2.05, 4.69) is 6.92 Å². The molecule has 0 spiro atoms. The van der Waals surface area contributed by atoms with Crippen molar-refractivity contribution in [2.45, 2.75) is 76.4 Å². The highest BCUT2D eigenvalue weighted by atomic mass is 35.7. The van der Waals surface area contributed by atoms with E-state index in [0.717, 1.165) is 44.4 Å². The Labute approximate surface area is 111 Å². The highest BCUT2D eigenvalue weighted by Crippen LogP contribution is 2.24. The van der Waals surface area contributed by atoms with Gasteiger partial charge in [-0.15, -0.1) is 0 Å². The van der Waals surface area contributed by atoms with Crippen molar-refractivity contribution in [1.82, 2.24) is 0 Å². The van der Waals surface area contributed by atoms with Crippen LogP contribution in [-0.2, 0) is 9.05 Å². The van der Waals surface area contributed by atoms with Crippen molar-refractivity contribution in [3.8, 4) is 0 Å². The fourth-order valence-electron chi connectivity index (χ4n) is 2.65. The zero-order valence-corrected chi connectivity index (χ0v) is 12.4. The van der Waals surface area contributed by atoms with Crippen molar-refractivity contribution in [3.05, 3.63) is 0 Å². The average molecular weight is 281 g/mol. The highest BCUT2D eigenvalue weighted by molar-refractivity contribution is 8.14. The van der Waals surface area contributed by atoms with Crippen LogP contribution in [0.4, 0.5) is 0 Å². The van der Waals surface area contributed by atoms with Gasteiger partial charge in [0, 0.05) is 10.7 Å². The summed E-state index contributed by atoms with van der Waals surface area (Å²) in [6.45, 7) is 2.31. The molecule has 1 fully saturated rings. The fraction of sp³-hybridized carbons (Fsp3) is 1.00. The van der Waals surface area contributed by atoms with Crippen LogP contribution in [-0.4, -0.2) is 13.7 Å². The van der Waals surface area contributed by atoms with Gasteiger partial charge in [-0.3, -0.25) is 0 Å². The third-order valence-corrected chi connectivity index (χ3v) is 5.87. The molecule has 0 bridgehead atoms. The third-order valence-electron chi connectivity index (χ3n) is 3.84. The van der Waals surface area contributed by atoms with Gasteiger partial charge in [0.15, 0.2) is 0 Å². The minimum atomic E-state index is -3.36. The minimum absolute atomic E-state index is 0.307. The summed E-state index contributed by atoms with van der Waals surface area (Å²) in [6, 6.07) is 0. The van der Waals surface area contributed by atoms with Crippen LogP contribution < -0.4 is 0 Å². The van der Waals surface area contributed by atoms with E-state index >= 15 is 0 Å². The van der Waals surface area contributed by atoms with Crippen LogP contribution in [0.15, 0.2) is 0 Å². The van der Waals surface area contributed by atoms with Crippen molar-refractivity contribution in [1.29, 1.82) is 0 Å². The molecule has 0 N–H and O–H groups in total. The predicted molar refractivity (Wildman–Crippen MR) is 73.9 cm³/mol. The Kier molecular flexibility index (Phi) is 6.86. The van der Waals surface area contributed by atoms with Gasteiger partial charge in [0.2, 0.25) is 9.05 Å². The number of hydrogen-bond acceptors (Lipinski definition) is 2. The van der Waals surface area contributed by atoms with Gasteiger partial charge in [-0.1, -0.05) is 58.3 Å². The molecule has 17 heavy (non-hydrogen) atoms. The largest absolute Gasteiger partial charge is 0.235 e. The molecule has 1 aliphatic rings. The summed E-state index contributed by atoms with van der Waals surface area (Å²) >= 11 is 0. The van der Waals surface area contributed by atoms with Gasteiger partial charge >= 0.3 is 0 Å². The van der Waals surface area contributed by atoms with Crippen molar-refractivity contribution >= 4 is 19.7 Å². The summed E-state index contributed by atoms with van der Waals surface area (Å²) in [4.78, 5) is 0. The maximum absolute atomic E-state index is 11.4. The molecule has 0 aromatic heterocycles. The van der Waals surface area contributed by atoms with Crippen LogP contribution in [0.1, 0.15) is 71.1 Å². The molecule has 4 heteroatoms. The highest BCUT2D eigenvalue weighted by Gasteiger charge is 2.22. The van der Waals surface area contributed by atoms with Crippen LogP contribution in [0.2, 0.25) is 0 Å². The minimum Gasteiger partial charge on any atom is -0.212 e. The van der Waals surface area contributed by atoms with Crippen molar-refractivity contribution < 1.29 is 8.42 Å². The summed E-state index contributed by atoms with van der Waals surface area (Å²) in [7, 11) is 2.15. The first-order valence-electron chi connectivity index (χ1n) is 6.93. The molecule has 0 heterocycles. The molecule has 0 saturated heterocycles. The summed E-state index contributed by atoms with van der Waals surface area (Å²) in [6.07, 6.45) is 10.9. The van der Waals surface area contributed by atoms with E-state index in [1.165, 1.54) is 25.7 Å². The summed E-state index contributed by atoms with van der Waals surface area (Å²) < 4.78 is 22.9. The van der Waals surface area contributed by atoms with Crippen LogP contribution in [0.5, 0.6) is 0 Å². The van der Waals surface area contributed by atoms with E-state index in [1.807, 2.05) is 0 Å². The zero-order chi connectivity index (χ0) is 12.7. The molecule has 2 atom stereocenters. The maximum Gasteiger partial charge on any atom is 0.235 e. The van der Waals surface area contributed by atoms with Gasteiger partial charge in [-0.25, -0.2) is 8.42 Å². The molecule has 0 aromatic carbocycles. The Morgan fingerprint density at radius 2 is 1.24 bits per heavy atom. The van der Waals surface area contributed by atoms with E-state index in [9.17, 15) is 8.42 Å². The number of rotatable bonds is 1. The molecule has 0 aliphatic heterocycles. The van der Waals surface area contributed by atoms with Gasteiger partial charge in [-0.05, 0) is 18.8 Å². The lowest BCUT2D eigenvalue weighted by molar-refractivity contribution is 0.420. The van der Waals surface area contributed by atoms with Crippen molar-refractivity contribution in [2.24, 2.45) is 5.92 Å². The Hall–Kier alpha value is 0.240. The summed E-state index contributed by atoms with van der Waals surface area (Å²) in [5.74, 6) is 0.792. The first-order chi connectivity index (χ1) is 8.00. The monoisotopic (exact) mass is 280 g/mol. The van der Waals surface area contributed by atoms with Gasteiger partial charge in [-0.2, -0.15) is 0 Å². The van der Waals surface area contributed by atoms with Gasteiger partial charge in [0.05, 0.1) is 5.25 Å². The summed E-state index contributed by atoms with van der Waals surface area (Å²) in [5, 5.41) is -0.307. The molecule has 0 radical (unpaired) electrons. The van der Waals surface area contributed by atoms with Crippen molar-refractivity contribution in [3.63, 3.8) is 0 Å². The molecule has 1 rings (SSSR count). The molecule has 0 aromatic rings. The van der Waals surface area contributed by atoms with E-state index < -0.39 is 9.05 Å². The Bertz CT molecular complexity index is 301. The standard InChI is InChI=1S/C13H25ClO2S/c1-12-8-4-2-3-5-10-13(17(14,15)16)11-7-6-9-12/h12-13H,2-11H2,1H3. The molecule has 102 valence electrons. The first kappa shape index (κ1) is 15.3. The van der Waals surface area contributed by atoms with E-state index in [1.54, 1.807) is 0 Å². The van der Waals surface area contributed by atoms with Gasteiger partial charge < -0.3 is 0 Å². The van der Waals surface area contributed by atoms with Crippen LogP contribution in [0.25, 0.3) is 0 Å². The topological polar surface area (TPSA) is 34.1 Å². The lowest BCUT2D eigenvalue weighted by Crippen LogP contribution is -2.16. The second-order valence-electron chi connectivity index (χ2n) is 5.48. The second-order valence-corrected chi connectivity index (χ2v) is 8.39. The van der Waals surface area contributed by atoms with Crippen LogP contribution in [0.3, 0.4) is 0 Å². The average Bonchev–Trinajstić information content (AvgIpc) is 2.21. The molecule has 2 unspecified atom stereocenters. The lowest BCUT2D eigenvalue weighted by Gasteiger charge is -2.16. The van der Waals surface area contributed by atoms with E-state index in [0.29, 0.717) is 0 Å². The quantitative estimate of drug-likeness (QED) is 0.664. The molecule has 2 nitrogen and oxygen atoms in total. The van der Waals surface area contributed by atoms with Crippen LogP contribution >= 0.6 is 10.7 Å². The Morgan fingerprint density at radius 3 is 1.76 bits per heavy atom. The number of halogens is 1. The predicted octanol–water partition coefficient (Wildman–Crippen LogP) is 4.47. The lowest BCUT2D eigenvalue weighted by atomic mass is 9.94. The van der Waals surface area contributed by atoms with Gasteiger partial charge in [0.1, 0.15) is 0 Å². The molecule has 1 saturated carbocycles. The zero-order valence-electron chi connectivity index (χ0n) is 10.8. The smallest absolute Gasteiger partial charge is 0.212 e. The SMILES string of the molecule is CC1CCCCCCC(S(=O)(=O)Cl)CCCC1. The van der Waals surface area contributed by atoms with Crippen molar-refractivity contribution in [2.75, 3.05) is 0 Å². The van der Waals surface area contributed by atoms with E-state index in [4.69, 9.17) is 10.7 Å². The van der Waals surface area contributed by atoms with Gasteiger partial charge in [0.25, 0.3) is 0 Å². The first-order valence-corrected chi connectivity index (χ1v) is 9.31. The Morgan fingerprint density at radius 1 is 0.824 bits per heavy atom. The maximum atomic E-state index is 11.4. The van der Waals surface area contributed by atoms with E-state index in [-0.39, 0.29) is 5.25 Å². The Balaban J connectivity index is 2.47. The fourth-order valence-corrected chi connectivity index (χ4v) is 4.08. The molecule has 0 amide bonds. The summed E-state index contributed by atoms with van der Waals surface area (Å²) in [5.41, 5.74) is 0. The van der Waals surface area contributed by atoms with Crippen LogP contribution in [0, 0.1) is 5.92 Å². The third kappa shape index (κ3) is 6.66. The second kappa shape index (κ2) is 7.63. The molecular weight excluding hydrogens is 256 g/mol.